The maximum atomic E-state index is 13.3. The van der Waals surface area contributed by atoms with Gasteiger partial charge in [0.15, 0.2) is 0 Å². The minimum atomic E-state index is -3.04. The Bertz CT molecular complexity index is 986. The van der Waals surface area contributed by atoms with Gasteiger partial charge in [-0.05, 0) is 32.0 Å². The Morgan fingerprint density at radius 2 is 2.04 bits per heavy atom. The minimum absolute atomic E-state index is 0.0491. The number of sulfone groups is 1. The SMILES string of the molecule is Cc1nn(CCS(C)(=O)=O)c(C)c1-c1c[nH]c2cc(F)ccc12. The first-order valence-electron chi connectivity index (χ1n) is 7.25. The number of fused-ring (bicyclic) bond motifs is 1. The van der Waals surface area contributed by atoms with Gasteiger partial charge in [0.25, 0.3) is 0 Å². The normalized spacial score (nSPS) is 12.2. The molecule has 0 fully saturated rings. The van der Waals surface area contributed by atoms with Crippen LogP contribution in [0.4, 0.5) is 4.39 Å². The monoisotopic (exact) mass is 335 g/mol. The molecule has 3 rings (SSSR count). The molecule has 2 heterocycles. The van der Waals surface area contributed by atoms with Crippen molar-refractivity contribution in [2.75, 3.05) is 12.0 Å². The molecule has 0 saturated carbocycles. The molecule has 0 spiro atoms. The smallest absolute Gasteiger partial charge is 0.149 e. The summed E-state index contributed by atoms with van der Waals surface area (Å²) in [6.07, 6.45) is 3.05. The standard InChI is InChI=1S/C16H18FN3O2S/c1-10-16(11(2)20(19-10)6-7-23(3,21)22)14-9-18-15-8-12(17)4-5-13(14)15/h4-5,8-9,18H,6-7H2,1-3H3. The van der Waals surface area contributed by atoms with E-state index >= 15 is 0 Å². The van der Waals surface area contributed by atoms with Crippen LogP contribution in [0.2, 0.25) is 0 Å². The van der Waals surface area contributed by atoms with Gasteiger partial charge >= 0.3 is 0 Å². The average Bonchev–Trinajstić information content (AvgIpc) is 2.96. The Kier molecular flexibility index (Phi) is 3.75. The van der Waals surface area contributed by atoms with E-state index in [1.165, 1.54) is 18.4 Å². The molecule has 0 bridgehead atoms. The fraction of sp³-hybridized carbons (Fsp3) is 0.312. The van der Waals surface area contributed by atoms with Gasteiger partial charge in [0.1, 0.15) is 15.7 Å². The average molecular weight is 335 g/mol. The predicted octanol–water partition coefficient (Wildman–Crippen LogP) is 2.83. The van der Waals surface area contributed by atoms with Crippen LogP contribution in [0, 0.1) is 19.7 Å². The van der Waals surface area contributed by atoms with Gasteiger partial charge in [0, 0.05) is 40.2 Å². The zero-order chi connectivity index (χ0) is 16.8. The molecule has 0 atom stereocenters. The molecule has 0 aliphatic carbocycles. The van der Waals surface area contributed by atoms with Crippen molar-refractivity contribution in [2.45, 2.75) is 20.4 Å². The quantitative estimate of drug-likeness (QED) is 0.797. The number of hydrogen-bond donors (Lipinski definition) is 1. The maximum Gasteiger partial charge on any atom is 0.149 e. The Balaban J connectivity index is 2.07. The predicted molar refractivity (Wildman–Crippen MR) is 88.7 cm³/mol. The van der Waals surface area contributed by atoms with Crippen molar-refractivity contribution in [3.63, 3.8) is 0 Å². The molecule has 122 valence electrons. The Morgan fingerprint density at radius 3 is 2.74 bits per heavy atom. The van der Waals surface area contributed by atoms with Gasteiger partial charge in [0.2, 0.25) is 0 Å². The number of nitrogens with zero attached hydrogens (tertiary/aromatic N) is 2. The maximum absolute atomic E-state index is 13.3. The van der Waals surface area contributed by atoms with Crippen LogP contribution in [0.3, 0.4) is 0 Å². The van der Waals surface area contributed by atoms with E-state index in [4.69, 9.17) is 0 Å². The van der Waals surface area contributed by atoms with Crippen LogP contribution in [-0.2, 0) is 16.4 Å². The van der Waals surface area contributed by atoms with Crippen molar-refractivity contribution in [1.82, 2.24) is 14.8 Å². The number of aryl methyl sites for hydroxylation is 2. The molecule has 3 aromatic rings. The molecule has 0 amide bonds. The van der Waals surface area contributed by atoms with E-state index in [1.807, 2.05) is 20.0 Å². The second-order valence-electron chi connectivity index (χ2n) is 5.79. The number of rotatable bonds is 4. The lowest BCUT2D eigenvalue weighted by Crippen LogP contribution is -2.13. The van der Waals surface area contributed by atoms with E-state index in [0.717, 1.165) is 33.4 Å². The lowest BCUT2D eigenvalue weighted by molar-refractivity contribution is 0.581. The third kappa shape index (κ3) is 3.01. The molecule has 0 saturated heterocycles. The second kappa shape index (κ2) is 5.49. The highest BCUT2D eigenvalue weighted by atomic mass is 32.2. The summed E-state index contributed by atoms with van der Waals surface area (Å²) in [5.74, 6) is -0.240. The van der Waals surface area contributed by atoms with Crippen molar-refractivity contribution in [1.29, 1.82) is 0 Å². The Labute approximate surface area is 134 Å². The molecular weight excluding hydrogens is 317 g/mol. The molecular formula is C16H18FN3O2S. The zero-order valence-electron chi connectivity index (χ0n) is 13.2. The molecule has 0 radical (unpaired) electrons. The number of halogens is 1. The Hall–Kier alpha value is -2.15. The number of hydrogen-bond acceptors (Lipinski definition) is 3. The fourth-order valence-corrected chi connectivity index (χ4v) is 3.37. The first kappa shape index (κ1) is 15.7. The topological polar surface area (TPSA) is 67.8 Å². The number of benzene rings is 1. The second-order valence-corrected chi connectivity index (χ2v) is 8.05. The van der Waals surface area contributed by atoms with Crippen LogP contribution in [0.25, 0.3) is 22.0 Å². The lowest BCUT2D eigenvalue weighted by Gasteiger charge is -2.04. The molecule has 2 aromatic heterocycles. The van der Waals surface area contributed by atoms with Crippen molar-refractivity contribution >= 4 is 20.7 Å². The molecule has 1 aromatic carbocycles. The molecule has 0 unspecified atom stereocenters. The molecule has 23 heavy (non-hydrogen) atoms. The van der Waals surface area contributed by atoms with Crippen molar-refractivity contribution in [2.24, 2.45) is 0 Å². The van der Waals surface area contributed by atoms with Crippen molar-refractivity contribution in [3.8, 4) is 11.1 Å². The first-order chi connectivity index (χ1) is 10.8. The van der Waals surface area contributed by atoms with E-state index in [1.54, 1.807) is 10.7 Å². The number of nitrogens with one attached hydrogen (secondary N) is 1. The van der Waals surface area contributed by atoms with Gasteiger partial charge in [-0.2, -0.15) is 5.10 Å². The van der Waals surface area contributed by atoms with Gasteiger partial charge in [-0.3, -0.25) is 4.68 Å². The summed E-state index contributed by atoms with van der Waals surface area (Å²) in [7, 11) is -3.04. The van der Waals surface area contributed by atoms with Crippen LogP contribution in [-0.4, -0.2) is 35.2 Å². The van der Waals surface area contributed by atoms with Gasteiger partial charge in [-0.15, -0.1) is 0 Å². The largest absolute Gasteiger partial charge is 0.360 e. The van der Waals surface area contributed by atoms with E-state index < -0.39 is 9.84 Å². The number of H-pyrrole nitrogens is 1. The number of aromatic nitrogens is 3. The summed E-state index contributed by atoms with van der Waals surface area (Å²) >= 11 is 0. The summed E-state index contributed by atoms with van der Waals surface area (Å²) in [4.78, 5) is 3.07. The van der Waals surface area contributed by atoms with Crippen molar-refractivity contribution in [3.05, 3.63) is 41.6 Å². The number of aromatic amines is 1. The van der Waals surface area contributed by atoms with Crippen LogP contribution in [0.15, 0.2) is 24.4 Å². The first-order valence-corrected chi connectivity index (χ1v) is 9.31. The highest BCUT2D eigenvalue weighted by Crippen LogP contribution is 2.33. The lowest BCUT2D eigenvalue weighted by atomic mass is 10.0. The van der Waals surface area contributed by atoms with E-state index in [9.17, 15) is 12.8 Å². The van der Waals surface area contributed by atoms with E-state index in [0.29, 0.717) is 6.54 Å². The Morgan fingerprint density at radius 1 is 1.30 bits per heavy atom. The van der Waals surface area contributed by atoms with Crippen molar-refractivity contribution < 1.29 is 12.8 Å². The van der Waals surface area contributed by atoms with Gasteiger partial charge in [0.05, 0.1) is 18.0 Å². The molecule has 1 N–H and O–H groups in total. The van der Waals surface area contributed by atoms with Gasteiger partial charge < -0.3 is 4.98 Å². The molecule has 0 aliphatic rings. The highest BCUT2D eigenvalue weighted by molar-refractivity contribution is 7.90. The summed E-state index contributed by atoms with van der Waals surface area (Å²) in [6.45, 7) is 4.13. The van der Waals surface area contributed by atoms with E-state index in [-0.39, 0.29) is 11.6 Å². The summed E-state index contributed by atoms with van der Waals surface area (Å²) < 4.78 is 37.8. The van der Waals surface area contributed by atoms with Gasteiger partial charge in [-0.1, -0.05) is 0 Å². The van der Waals surface area contributed by atoms with Gasteiger partial charge in [-0.25, -0.2) is 12.8 Å². The summed E-state index contributed by atoms with van der Waals surface area (Å²) in [5, 5.41) is 5.37. The minimum Gasteiger partial charge on any atom is -0.360 e. The summed E-state index contributed by atoms with van der Waals surface area (Å²) in [5.41, 5.74) is 4.34. The zero-order valence-corrected chi connectivity index (χ0v) is 14.0. The fourth-order valence-electron chi connectivity index (χ4n) is 2.86. The van der Waals surface area contributed by atoms with E-state index in [2.05, 4.69) is 10.1 Å². The summed E-state index contributed by atoms with van der Waals surface area (Å²) in [6, 6.07) is 4.62. The molecule has 7 heteroatoms. The molecule has 5 nitrogen and oxygen atoms in total. The highest BCUT2D eigenvalue weighted by Gasteiger charge is 2.17. The van der Waals surface area contributed by atoms with Crippen LogP contribution in [0.1, 0.15) is 11.4 Å². The van der Waals surface area contributed by atoms with Crippen LogP contribution in [0.5, 0.6) is 0 Å². The third-order valence-electron chi connectivity index (χ3n) is 3.97. The molecule has 0 aliphatic heterocycles. The third-order valence-corrected chi connectivity index (χ3v) is 4.89. The van der Waals surface area contributed by atoms with Crippen LogP contribution < -0.4 is 0 Å². The van der Waals surface area contributed by atoms with Crippen LogP contribution >= 0.6 is 0 Å².